The highest BCUT2D eigenvalue weighted by molar-refractivity contribution is 7.80. The van der Waals surface area contributed by atoms with Crippen molar-refractivity contribution in [2.75, 3.05) is 10.6 Å². The van der Waals surface area contributed by atoms with E-state index in [4.69, 9.17) is 12.2 Å². The summed E-state index contributed by atoms with van der Waals surface area (Å²) < 4.78 is 0. The second kappa shape index (κ2) is 9.15. The number of thiocarbonyl (C=S) groups is 1. The van der Waals surface area contributed by atoms with E-state index in [0.29, 0.717) is 17.2 Å². The summed E-state index contributed by atoms with van der Waals surface area (Å²) in [6, 6.07) is 23.2. The van der Waals surface area contributed by atoms with Gasteiger partial charge in [0.25, 0.3) is 5.91 Å². The Morgan fingerprint density at radius 1 is 0.893 bits per heavy atom. The first-order valence-corrected chi connectivity index (χ1v) is 9.50. The predicted molar refractivity (Wildman–Crippen MR) is 120 cm³/mol. The van der Waals surface area contributed by atoms with E-state index in [1.54, 1.807) is 12.1 Å². The normalized spacial score (nSPS) is 10.2. The van der Waals surface area contributed by atoms with Crippen molar-refractivity contribution in [1.82, 2.24) is 5.32 Å². The summed E-state index contributed by atoms with van der Waals surface area (Å²) in [5.74, 6) is -0.124. The van der Waals surface area contributed by atoms with E-state index in [1.807, 2.05) is 54.6 Å². The van der Waals surface area contributed by atoms with Crippen molar-refractivity contribution in [2.45, 2.75) is 20.4 Å². The molecule has 0 aliphatic heterocycles. The average molecular weight is 390 g/mol. The smallest absolute Gasteiger partial charge is 0.251 e. The molecule has 0 aliphatic rings. The minimum Gasteiger partial charge on any atom is -0.348 e. The number of anilines is 2. The second-order valence-electron chi connectivity index (χ2n) is 6.58. The fourth-order valence-corrected chi connectivity index (χ4v) is 3.02. The molecule has 4 nitrogen and oxygen atoms in total. The molecule has 142 valence electrons. The maximum Gasteiger partial charge on any atom is 0.251 e. The van der Waals surface area contributed by atoms with Gasteiger partial charge in [0.2, 0.25) is 0 Å². The van der Waals surface area contributed by atoms with E-state index in [1.165, 1.54) is 5.56 Å². The van der Waals surface area contributed by atoms with Crippen LogP contribution in [0.2, 0.25) is 0 Å². The molecule has 0 atom stereocenters. The van der Waals surface area contributed by atoms with E-state index in [9.17, 15) is 4.79 Å². The molecule has 0 aliphatic carbocycles. The van der Waals surface area contributed by atoms with Gasteiger partial charge in [-0.1, -0.05) is 48.5 Å². The van der Waals surface area contributed by atoms with Gasteiger partial charge in [0.15, 0.2) is 5.11 Å². The van der Waals surface area contributed by atoms with Crippen LogP contribution in [0.4, 0.5) is 11.4 Å². The number of rotatable bonds is 5. The zero-order valence-electron chi connectivity index (χ0n) is 16.0. The summed E-state index contributed by atoms with van der Waals surface area (Å²) in [6.45, 7) is 4.61. The molecule has 3 aromatic rings. The Morgan fingerprint density at radius 2 is 1.64 bits per heavy atom. The predicted octanol–water partition coefficient (Wildman–Crippen LogP) is 5.04. The summed E-state index contributed by atoms with van der Waals surface area (Å²) in [5, 5.41) is 9.78. The van der Waals surface area contributed by atoms with Crippen molar-refractivity contribution in [3.8, 4) is 0 Å². The van der Waals surface area contributed by atoms with Gasteiger partial charge in [-0.05, 0) is 67.0 Å². The lowest BCUT2D eigenvalue weighted by atomic mass is 10.1. The molecule has 0 heterocycles. The third-order valence-electron chi connectivity index (χ3n) is 4.53. The van der Waals surface area contributed by atoms with E-state index in [-0.39, 0.29) is 5.91 Å². The number of aryl methyl sites for hydroxylation is 1. The monoisotopic (exact) mass is 389 g/mol. The largest absolute Gasteiger partial charge is 0.348 e. The number of carbonyl (C=O) groups excluding carboxylic acids is 1. The molecule has 0 saturated heterocycles. The minimum atomic E-state index is -0.124. The van der Waals surface area contributed by atoms with Crippen molar-refractivity contribution in [3.05, 3.63) is 95.1 Å². The molecular formula is C23H23N3OS. The highest BCUT2D eigenvalue weighted by Crippen LogP contribution is 2.19. The van der Waals surface area contributed by atoms with Gasteiger partial charge in [-0.2, -0.15) is 0 Å². The Labute approximate surface area is 171 Å². The molecule has 3 N–H and O–H groups in total. The number of hydrogen-bond donors (Lipinski definition) is 3. The SMILES string of the molecule is Cc1cccc(NC(=S)Nc2cccc(C(=O)NCc3ccccc3)c2)c1C. The Bertz CT molecular complexity index is 986. The average Bonchev–Trinajstić information content (AvgIpc) is 2.70. The van der Waals surface area contributed by atoms with Crippen LogP contribution in [0.1, 0.15) is 27.0 Å². The highest BCUT2D eigenvalue weighted by atomic mass is 32.1. The molecule has 0 aromatic heterocycles. The Hall–Kier alpha value is -3.18. The number of carbonyl (C=O) groups is 1. The quantitative estimate of drug-likeness (QED) is 0.535. The molecule has 0 spiro atoms. The fraction of sp³-hybridized carbons (Fsp3) is 0.130. The summed E-state index contributed by atoms with van der Waals surface area (Å²) in [6.07, 6.45) is 0. The van der Waals surface area contributed by atoms with Gasteiger partial charge >= 0.3 is 0 Å². The van der Waals surface area contributed by atoms with Gasteiger partial charge in [0.05, 0.1) is 0 Å². The molecule has 0 saturated carbocycles. The minimum absolute atomic E-state index is 0.124. The van der Waals surface area contributed by atoms with Crippen molar-refractivity contribution in [1.29, 1.82) is 0 Å². The van der Waals surface area contributed by atoms with E-state index in [2.05, 4.69) is 35.9 Å². The Kier molecular flexibility index (Phi) is 6.40. The first-order chi connectivity index (χ1) is 13.5. The van der Waals surface area contributed by atoms with Gasteiger partial charge in [-0.25, -0.2) is 0 Å². The molecule has 3 rings (SSSR count). The van der Waals surface area contributed by atoms with Crippen LogP contribution in [-0.4, -0.2) is 11.0 Å². The number of hydrogen-bond acceptors (Lipinski definition) is 2. The van der Waals surface area contributed by atoms with Gasteiger partial charge < -0.3 is 16.0 Å². The molecular weight excluding hydrogens is 366 g/mol. The summed E-state index contributed by atoms with van der Waals surface area (Å²) >= 11 is 5.42. The van der Waals surface area contributed by atoms with E-state index in [0.717, 1.165) is 22.5 Å². The molecule has 3 aromatic carbocycles. The first-order valence-electron chi connectivity index (χ1n) is 9.09. The van der Waals surface area contributed by atoms with Crippen molar-refractivity contribution >= 4 is 34.6 Å². The van der Waals surface area contributed by atoms with Crippen LogP contribution in [0.15, 0.2) is 72.8 Å². The van der Waals surface area contributed by atoms with Crippen LogP contribution >= 0.6 is 12.2 Å². The molecule has 5 heteroatoms. The lowest BCUT2D eigenvalue weighted by molar-refractivity contribution is 0.0951. The molecule has 0 unspecified atom stereocenters. The Morgan fingerprint density at radius 3 is 2.43 bits per heavy atom. The van der Waals surface area contributed by atoms with Crippen LogP contribution in [0.25, 0.3) is 0 Å². The van der Waals surface area contributed by atoms with Crippen LogP contribution in [-0.2, 0) is 6.54 Å². The lowest BCUT2D eigenvalue weighted by Crippen LogP contribution is -2.23. The van der Waals surface area contributed by atoms with Crippen LogP contribution in [0.3, 0.4) is 0 Å². The van der Waals surface area contributed by atoms with Crippen molar-refractivity contribution < 1.29 is 4.79 Å². The van der Waals surface area contributed by atoms with Gasteiger partial charge in [-0.15, -0.1) is 0 Å². The summed E-state index contributed by atoms with van der Waals surface area (Å²) in [7, 11) is 0. The van der Waals surface area contributed by atoms with Gasteiger partial charge in [-0.3, -0.25) is 4.79 Å². The number of nitrogens with one attached hydrogen (secondary N) is 3. The molecule has 0 bridgehead atoms. The number of benzene rings is 3. The molecule has 0 radical (unpaired) electrons. The number of amides is 1. The third kappa shape index (κ3) is 5.18. The fourth-order valence-electron chi connectivity index (χ4n) is 2.79. The molecule has 1 amide bonds. The van der Waals surface area contributed by atoms with Crippen LogP contribution in [0.5, 0.6) is 0 Å². The van der Waals surface area contributed by atoms with Crippen molar-refractivity contribution in [3.63, 3.8) is 0 Å². The molecule has 28 heavy (non-hydrogen) atoms. The van der Waals surface area contributed by atoms with E-state index < -0.39 is 0 Å². The van der Waals surface area contributed by atoms with Crippen molar-refractivity contribution in [2.24, 2.45) is 0 Å². The standard InChI is InChI=1S/C23H23N3OS/c1-16-8-6-13-21(17(16)2)26-23(28)25-20-12-7-11-19(14-20)22(27)24-15-18-9-4-3-5-10-18/h3-14H,15H2,1-2H3,(H,24,27)(H2,25,26,28). The third-order valence-corrected chi connectivity index (χ3v) is 4.74. The van der Waals surface area contributed by atoms with Crippen LogP contribution in [0, 0.1) is 13.8 Å². The maximum absolute atomic E-state index is 12.4. The van der Waals surface area contributed by atoms with Gasteiger partial charge in [0, 0.05) is 23.5 Å². The lowest BCUT2D eigenvalue weighted by Gasteiger charge is -2.14. The topological polar surface area (TPSA) is 53.2 Å². The maximum atomic E-state index is 12.4. The molecule has 0 fully saturated rings. The Balaban J connectivity index is 1.61. The van der Waals surface area contributed by atoms with Gasteiger partial charge in [0.1, 0.15) is 0 Å². The zero-order valence-corrected chi connectivity index (χ0v) is 16.8. The highest BCUT2D eigenvalue weighted by Gasteiger charge is 2.08. The second-order valence-corrected chi connectivity index (χ2v) is 6.98. The zero-order chi connectivity index (χ0) is 19.9. The van der Waals surface area contributed by atoms with Crippen LogP contribution < -0.4 is 16.0 Å². The summed E-state index contributed by atoms with van der Waals surface area (Å²) in [5.41, 5.74) is 5.72. The van der Waals surface area contributed by atoms with E-state index >= 15 is 0 Å². The summed E-state index contributed by atoms with van der Waals surface area (Å²) in [4.78, 5) is 12.4. The first kappa shape index (κ1) is 19.6.